The zero-order chi connectivity index (χ0) is 48.9. The molecule has 0 aliphatic carbocycles. The molecular formula is C48H73N7O9S2. The predicted molar refractivity (Wildman–Crippen MR) is 262 cm³/mol. The van der Waals surface area contributed by atoms with Crippen molar-refractivity contribution in [3.05, 3.63) is 71.8 Å². The number of hydrogen-bond acceptors (Lipinski definition) is 12. The number of aldehydes is 1. The van der Waals surface area contributed by atoms with E-state index in [0.29, 0.717) is 69.3 Å². The second-order valence-electron chi connectivity index (χ2n) is 17.1. The number of methoxy groups -OCH3 is 1. The van der Waals surface area contributed by atoms with Gasteiger partial charge in [0.15, 0.2) is 0 Å². The van der Waals surface area contributed by atoms with Crippen LogP contribution in [0.3, 0.4) is 0 Å². The summed E-state index contributed by atoms with van der Waals surface area (Å²) in [5, 5.41) is 20.0. The molecule has 18 heteroatoms. The lowest BCUT2D eigenvalue weighted by molar-refractivity contribution is -0.145. The highest BCUT2D eigenvalue weighted by atomic mass is 32.2. The number of unbranched alkanes of at least 4 members (excludes halogenated alkanes) is 1. The number of thioether (sulfide) groups is 2. The molecule has 0 saturated carbocycles. The summed E-state index contributed by atoms with van der Waals surface area (Å²) in [6, 6.07) is 12.2. The molecule has 2 aromatic rings. The summed E-state index contributed by atoms with van der Waals surface area (Å²) in [6.07, 6.45) is 7.95. The van der Waals surface area contributed by atoms with Crippen LogP contribution in [0, 0.1) is 11.8 Å². The number of carbonyl (C=O) groups is 8. The number of hydrogen-bond donors (Lipinski definition) is 7. The number of ether oxygens (including phenoxy) is 1. The van der Waals surface area contributed by atoms with Gasteiger partial charge in [-0.15, -0.1) is 0 Å². The van der Waals surface area contributed by atoms with E-state index in [1.54, 1.807) is 11.8 Å². The number of rotatable bonds is 34. The molecular weight excluding hydrogens is 883 g/mol. The first kappa shape index (κ1) is 57.2. The first-order chi connectivity index (χ1) is 31.6. The van der Waals surface area contributed by atoms with Gasteiger partial charge in [-0.25, -0.2) is 4.79 Å². The van der Waals surface area contributed by atoms with Gasteiger partial charge >= 0.3 is 5.97 Å². The second kappa shape index (κ2) is 32.7. The minimum absolute atomic E-state index is 0.0163. The Kier molecular flexibility index (Phi) is 28.3. The molecule has 366 valence electrons. The Morgan fingerprint density at radius 1 is 0.561 bits per heavy atom. The summed E-state index contributed by atoms with van der Waals surface area (Å²) in [7, 11) is 1.22. The molecule has 0 aliphatic heterocycles. The van der Waals surface area contributed by atoms with E-state index in [-0.39, 0.29) is 37.0 Å². The van der Waals surface area contributed by atoms with Gasteiger partial charge in [0, 0.05) is 6.42 Å². The van der Waals surface area contributed by atoms with Crippen LogP contribution in [0.2, 0.25) is 0 Å². The topological polar surface area (TPSA) is 230 Å². The van der Waals surface area contributed by atoms with Crippen molar-refractivity contribution in [2.24, 2.45) is 11.8 Å². The van der Waals surface area contributed by atoms with Gasteiger partial charge in [-0.3, -0.25) is 28.8 Å². The zero-order valence-electron chi connectivity index (χ0n) is 39.6. The molecule has 16 nitrogen and oxygen atoms in total. The van der Waals surface area contributed by atoms with E-state index >= 15 is 0 Å². The van der Waals surface area contributed by atoms with Crippen molar-refractivity contribution >= 4 is 71.7 Å². The SMILES string of the molecule is COC(=O)[C@H](CCCCN[C@@H](Cc1ccccc1)C(=O)N[C@@H](CC(C)C)C(=O)N[C@H](C=O)CCSC)NC(=O)[C@H](Cc1ccccc1)NC(=O)[C@H](CC(C)C)NC(=O)[C@H](CCSC)NC=O. The lowest BCUT2D eigenvalue weighted by Gasteiger charge is -2.27. The van der Waals surface area contributed by atoms with Crippen LogP contribution < -0.4 is 37.2 Å². The van der Waals surface area contributed by atoms with Crippen molar-refractivity contribution in [3.8, 4) is 0 Å². The second-order valence-corrected chi connectivity index (χ2v) is 19.0. The van der Waals surface area contributed by atoms with Gasteiger partial charge in [-0.05, 0) is 105 Å². The Hall–Kier alpha value is -4.94. The van der Waals surface area contributed by atoms with Crippen molar-refractivity contribution in [1.29, 1.82) is 0 Å². The molecule has 0 radical (unpaired) electrons. The Bertz CT molecular complexity index is 1790. The van der Waals surface area contributed by atoms with Crippen molar-refractivity contribution in [2.45, 2.75) is 128 Å². The normalized spacial score (nSPS) is 14.3. The Labute approximate surface area is 399 Å². The van der Waals surface area contributed by atoms with Crippen molar-refractivity contribution < 1.29 is 43.1 Å². The minimum Gasteiger partial charge on any atom is -0.467 e. The van der Waals surface area contributed by atoms with Gasteiger partial charge in [0.1, 0.15) is 36.5 Å². The molecule has 2 rings (SSSR count). The van der Waals surface area contributed by atoms with E-state index in [0.717, 1.165) is 11.1 Å². The van der Waals surface area contributed by atoms with Crippen molar-refractivity contribution in [1.82, 2.24) is 37.2 Å². The maximum atomic E-state index is 14.1. The van der Waals surface area contributed by atoms with Gasteiger partial charge in [0.25, 0.3) is 0 Å². The summed E-state index contributed by atoms with van der Waals surface area (Å²) in [5.74, 6) is -1.85. The predicted octanol–water partition coefficient (Wildman–Crippen LogP) is 3.11. The fourth-order valence-electron chi connectivity index (χ4n) is 7.11. The zero-order valence-corrected chi connectivity index (χ0v) is 41.2. The van der Waals surface area contributed by atoms with Crippen LogP contribution in [0.25, 0.3) is 0 Å². The molecule has 7 N–H and O–H groups in total. The van der Waals surface area contributed by atoms with Gasteiger partial charge in [-0.1, -0.05) is 88.4 Å². The van der Waals surface area contributed by atoms with E-state index in [9.17, 15) is 38.4 Å². The highest BCUT2D eigenvalue weighted by molar-refractivity contribution is 7.98. The van der Waals surface area contributed by atoms with E-state index in [4.69, 9.17) is 4.74 Å². The van der Waals surface area contributed by atoms with Crippen LogP contribution in [-0.4, -0.2) is 128 Å². The number of esters is 1. The third kappa shape index (κ3) is 22.5. The molecule has 0 aromatic heterocycles. The molecule has 0 aliphatic rings. The quantitative estimate of drug-likeness (QED) is 0.0305. The van der Waals surface area contributed by atoms with Crippen LogP contribution in [-0.2, 0) is 55.9 Å². The Morgan fingerprint density at radius 2 is 1.02 bits per heavy atom. The fraction of sp³-hybridized carbons (Fsp3) is 0.583. The largest absolute Gasteiger partial charge is 0.467 e. The first-order valence-corrected chi connectivity index (χ1v) is 25.5. The molecule has 6 amide bonds. The molecule has 0 spiro atoms. The summed E-state index contributed by atoms with van der Waals surface area (Å²) >= 11 is 3.09. The maximum absolute atomic E-state index is 14.1. The van der Waals surface area contributed by atoms with Gasteiger partial charge in [-0.2, -0.15) is 23.5 Å². The van der Waals surface area contributed by atoms with E-state index < -0.39 is 71.9 Å². The lowest BCUT2D eigenvalue weighted by Crippen LogP contribution is -2.58. The van der Waals surface area contributed by atoms with Crippen LogP contribution in [0.5, 0.6) is 0 Å². The average molecular weight is 956 g/mol. The molecule has 0 unspecified atom stereocenters. The van der Waals surface area contributed by atoms with Crippen LogP contribution in [0.1, 0.15) is 83.8 Å². The van der Waals surface area contributed by atoms with Crippen molar-refractivity contribution in [3.63, 3.8) is 0 Å². The van der Waals surface area contributed by atoms with Crippen LogP contribution in [0.15, 0.2) is 60.7 Å². The number of amides is 6. The standard InChI is InChI=1S/C48H73N7O9S2/c1-32(2)26-40(45(60)51-36(30-56)21-24-65-6)54-44(59)39(28-34-16-10-8-11-17-34)49-23-15-14-20-38(48(63)64-5)52-47(62)42(29-35-18-12-9-13-19-35)55-46(61)41(27-33(3)4)53-43(58)37(50-31-57)22-25-66-7/h8-13,16-19,30-33,36-42,49H,14-15,20-29H2,1-7H3,(H,50,57)(H,51,60)(H,52,62)(H,53,58)(H,54,59)(H,55,61)/t36-,37-,38-,39-,40-,41-,42-/m0/s1. The molecule has 0 fully saturated rings. The summed E-state index contributed by atoms with van der Waals surface area (Å²) in [6.45, 7) is 8.05. The first-order valence-electron chi connectivity index (χ1n) is 22.7. The van der Waals surface area contributed by atoms with Crippen LogP contribution >= 0.6 is 23.5 Å². The molecule has 0 saturated heterocycles. The summed E-state index contributed by atoms with van der Waals surface area (Å²) in [4.78, 5) is 105. The maximum Gasteiger partial charge on any atom is 0.328 e. The highest BCUT2D eigenvalue weighted by Crippen LogP contribution is 2.13. The van der Waals surface area contributed by atoms with E-state index in [1.807, 2.05) is 101 Å². The smallest absolute Gasteiger partial charge is 0.328 e. The summed E-state index contributed by atoms with van der Waals surface area (Å²) < 4.78 is 5.07. The molecule has 66 heavy (non-hydrogen) atoms. The van der Waals surface area contributed by atoms with Gasteiger partial charge < -0.3 is 46.7 Å². The third-order valence-corrected chi connectivity index (χ3v) is 11.9. The van der Waals surface area contributed by atoms with Crippen molar-refractivity contribution in [2.75, 3.05) is 37.7 Å². The number of benzene rings is 2. The molecule has 0 heterocycles. The van der Waals surface area contributed by atoms with E-state index in [2.05, 4.69) is 37.2 Å². The fourth-order valence-corrected chi connectivity index (χ4v) is 8.07. The summed E-state index contributed by atoms with van der Waals surface area (Å²) in [5.41, 5.74) is 1.65. The Morgan fingerprint density at radius 3 is 1.52 bits per heavy atom. The van der Waals surface area contributed by atoms with Gasteiger partial charge in [0.2, 0.25) is 35.9 Å². The minimum atomic E-state index is -1.14. The van der Waals surface area contributed by atoms with Gasteiger partial charge in [0.05, 0.1) is 19.2 Å². The van der Waals surface area contributed by atoms with Crippen LogP contribution in [0.4, 0.5) is 0 Å². The Balaban J connectivity index is 2.22. The molecule has 7 atom stereocenters. The van der Waals surface area contributed by atoms with E-state index in [1.165, 1.54) is 18.9 Å². The lowest BCUT2D eigenvalue weighted by atomic mass is 10.00. The monoisotopic (exact) mass is 955 g/mol. The number of nitrogens with one attached hydrogen (secondary N) is 7. The third-order valence-electron chi connectivity index (χ3n) is 10.6. The average Bonchev–Trinajstić information content (AvgIpc) is 3.29. The number of carbonyl (C=O) groups excluding carboxylic acids is 8. The molecule has 0 bridgehead atoms. The molecule has 2 aromatic carbocycles. The highest BCUT2D eigenvalue weighted by Gasteiger charge is 2.32.